The quantitative estimate of drug-likeness (QED) is 0.481. The smallest absolute Gasteiger partial charge is 0.265 e. The van der Waals surface area contributed by atoms with Crippen LogP contribution in [0.2, 0.25) is 0 Å². The number of nitrogens with two attached hydrogens (primary N) is 1. The number of carbonyl (C=O) groups is 2. The first kappa shape index (κ1) is 21.4. The first-order valence-corrected chi connectivity index (χ1v) is 10.2. The van der Waals surface area contributed by atoms with Gasteiger partial charge >= 0.3 is 0 Å². The highest BCUT2D eigenvalue weighted by molar-refractivity contribution is 5.97. The van der Waals surface area contributed by atoms with Crippen LogP contribution in [0, 0.1) is 11.3 Å². The molecule has 1 heterocycles. The number of nitrogen functional groups attached to an aromatic ring is 1. The molecular formula is C23H28N4O3. The minimum absolute atomic E-state index is 0.0572. The van der Waals surface area contributed by atoms with E-state index in [-0.39, 0.29) is 23.6 Å². The molecule has 3 rings (SSSR count). The van der Waals surface area contributed by atoms with Gasteiger partial charge in [-0.25, -0.2) is 0 Å². The van der Waals surface area contributed by atoms with Gasteiger partial charge in [-0.3, -0.25) is 15.0 Å². The second kappa shape index (κ2) is 9.43. The van der Waals surface area contributed by atoms with Gasteiger partial charge in [-0.2, -0.15) is 0 Å². The van der Waals surface area contributed by atoms with Crippen LogP contribution in [-0.4, -0.2) is 30.3 Å². The van der Waals surface area contributed by atoms with E-state index in [1.54, 1.807) is 41.3 Å². The molecule has 2 aromatic rings. The lowest BCUT2D eigenvalue weighted by Gasteiger charge is -2.27. The van der Waals surface area contributed by atoms with Gasteiger partial charge in [0.25, 0.3) is 5.91 Å². The molecule has 30 heavy (non-hydrogen) atoms. The molecule has 1 atom stereocenters. The summed E-state index contributed by atoms with van der Waals surface area (Å²) < 4.78 is 5.92. The molecule has 1 saturated heterocycles. The molecule has 0 saturated carbocycles. The van der Waals surface area contributed by atoms with E-state index in [0.29, 0.717) is 23.4 Å². The fourth-order valence-electron chi connectivity index (χ4n) is 3.39. The number of hydrogen-bond donors (Lipinski definition) is 3. The molecule has 0 bridgehead atoms. The van der Waals surface area contributed by atoms with E-state index in [1.165, 1.54) is 0 Å². The first-order chi connectivity index (χ1) is 14.3. The van der Waals surface area contributed by atoms with E-state index in [0.717, 1.165) is 25.1 Å². The Morgan fingerprint density at radius 2 is 1.90 bits per heavy atom. The van der Waals surface area contributed by atoms with Gasteiger partial charge in [-0.05, 0) is 55.2 Å². The summed E-state index contributed by atoms with van der Waals surface area (Å²) in [6, 6.07) is 14.1. The number of ether oxygens (including phenoxy) is 1. The zero-order valence-corrected chi connectivity index (χ0v) is 17.4. The monoisotopic (exact) mass is 408 g/mol. The van der Waals surface area contributed by atoms with Crippen LogP contribution >= 0.6 is 0 Å². The summed E-state index contributed by atoms with van der Waals surface area (Å²) in [4.78, 5) is 26.7. The molecule has 1 aliphatic rings. The van der Waals surface area contributed by atoms with Gasteiger partial charge in [0, 0.05) is 29.9 Å². The van der Waals surface area contributed by atoms with E-state index in [9.17, 15) is 9.59 Å². The summed E-state index contributed by atoms with van der Waals surface area (Å²) in [5.41, 5.74) is 7.56. The molecule has 2 aromatic carbocycles. The normalized spacial score (nSPS) is 15.0. The van der Waals surface area contributed by atoms with Crippen molar-refractivity contribution in [1.82, 2.24) is 0 Å². The van der Waals surface area contributed by atoms with Crippen LogP contribution in [0.25, 0.3) is 0 Å². The Labute approximate surface area is 176 Å². The van der Waals surface area contributed by atoms with E-state index >= 15 is 0 Å². The first-order valence-electron chi connectivity index (χ1n) is 10.2. The zero-order valence-electron chi connectivity index (χ0n) is 17.4. The largest absolute Gasteiger partial charge is 0.480 e. The van der Waals surface area contributed by atoms with Crippen molar-refractivity contribution in [1.29, 1.82) is 5.41 Å². The van der Waals surface area contributed by atoms with Crippen molar-refractivity contribution in [3.8, 4) is 5.75 Å². The average molecular weight is 409 g/mol. The predicted molar refractivity (Wildman–Crippen MR) is 118 cm³/mol. The number of rotatable bonds is 7. The van der Waals surface area contributed by atoms with Gasteiger partial charge in [0.2, 0.25) is 5.91 Å². The third kappa shape index (κ3) is 5.17. The van der Waals surface area contributed by atoms with Crippen molar-refractivity contribution in [2.75, 3.05) is 16.8 Å². The molecule has 2 amide bonds. The highest BCUT2D eigenvalue weighted by atomic mass is 16.5. The topological polar surface area (TPSA) is 109 Å². The van der Waals surface area contributed by atoms with Gasteiger partial charge in [0.05, 0.1) is 0 Å². The third-order valence-corrected chi connectivity index (χ3v) is 5.04. The van der Waals surface area contributed by atoms with Gasteiger partial charge in [0.1, 0.15) is 11.6 Å². The van der Waals surface area contributed by atoms with Crippen LogP contribution < -0.4 is 20.7 Å². The predicted octanol–water partition coefficient (Wildman–Crippen LogP) is 3.53. The minimum Gasteiger partial charge on any atom is -0.480 e. The molecular weight excluding hydrogens is 380 g/mol. The Morgan fingerprint density at radius 3 is 2.53 bits per heavy atom. The Morgan fingerprint density at radius 1 is 1.17 bits per heavy atom. The molecule has 7 nitrogen and oxygen atoms in total. The van der Waals surface area contributed by atoms with Crippen LogP contribution in [0.3, 0.4) is 0 Å². The minimum atomic E-state index is -0.712. The molecule has 1 unspecified atom stereocenters. The molecule has 0 spiro atoms. The number of anilines is 2. The zero-order chi connectivity index (χ0) is 21.7. The lowest BCUT2D eigenvalue weighted by molar-refractivity contribution is -0.124. The second-order valence-corrected chi connectivity index (χ2v) is 7.76. The van der Waals surface area contributed by atoms with Crippen LogP contribution in [0.1, 0.15) is 38.7 Å². The van der Waals surface area contributed by atoms with Crippen LogP contribution in [0.15, 0.2) is 48.5 Å². The highest BCUT2D eigenvalue weighted by Gasteiger charge is 2.25. The number of amides is 2. The molecule has 7 heteroatoms. The SMILES string of the molecule is CC(C)C(Oc1cccc(C(=N)N)c1)C(=O)Nc1ccc(N2CCCCC2=O)cc1. The Bertz CT molecular complexity index is 924. The number of hydrogen-bond acceptors (Lipinski definition) is 4. The second-order valence-electron chi connectivity index (χ2n) is 7.76. The van der Waals surface area contributed by atoms with Crippen molar-refractivity contribution < 1.29 is 14.3 Å². The standard InChI is InChI=1S/C23H28N4O3/c1-15(2)21(30-19-7-5-6-16(14-19)22(24)25)23(29)26-17-9-11-18(12-10-17)27-13-4-3-8-20(27)28/h5-7,9-12,14-15,21H,3-4,8,13H2,1-2H3,(H3,24,25)(H,26,29). The molecule has 0 radical (unpaired) electrons. The summed E-state index contributed by atoms with van der Waals surface area (Å²) in [6.07, 6.45) is 1.81. The summed E-state index contributed by atoms with van der Waals surface area (Å²) >= 11 is 0. The highest BCUT2D eigenvalue weighted by Crippen LogP contribution is 2.24. The van der Waals surface area contributed by atoms with Gasteiger partial charge in [0.15, 0.2) is 6.10 Å². The summed E-state index contributed by atoms with van der Waals surface area (Å²) in [7, 11) is 0. The van der Waals surface area contributed by atoms with Crippen molar-refractivity contribution in [3.63, 3.8) is 0 Å². The maximum atomic E-state index is 12.8. The number of piperidine rings is 1. The van der Waals surface area contributed by atoms with E-state index in [4.69, 9.17) is 15.9 Å². The van der Waals surface area contributed by atoms with E-state index in [2.05, 4.69) is 5.32 Å². The van der Waals surface area contributed by atoms with Crippen molar-refractivity contribution in [2.45, 2.75) is 39.2 Å². The van der Waals surface area contributed by atoms with Crippen LogP contribution in [-0.2, 0) is 9.59 Å². The van der Waals surface area contributed by atoms with Gasteiger partial charge < -0.3 is 20.7 Å². The third-order valence-electron chi connectivity index (χ3n) is 5.04. The fourth-order valence-corrected chi connectivity index (χ4v) is 3.39. The molecule has 1 fully saturated rings. The fraction of sp³-hybridized carbons (Fsp3) is 0.348. The molecule has 1 aliphatic heterocycles. The maximum absolute atomic E-state index is 12.8. The van der Waals surface area contributed by atoms with Crippen LogP contribution in [0.4, 0.5) is 11.4 Å². The van der Waals surface area contributed by atoms with Crippen molar-refractivity contribution in [3.05, 3.63) is 54.1 Å². The lowest BCUT2D eigenvalue weighted by atomic mass is 10.1. The van der Waals surface area contributed by atoms with Crippen molar-refractivity contribution >= 4 is 29.0 Å². The molecule has 0 aliphatic carbocycles. The van der Waals surface area contributed by atoms with E-state index < -0.39 is 6.10 Å². The molecule has 158 valence electrons. The lowest BCUT2D eigenvalue weighted by Crippen LogP contribution is -2.37. The van der Waals surface area contributed by atoms with E-state index in [1.807, 2.05) is 26.0 Å². The van der Waals surface area contributed by atoms with Gasteiger partial charge in [-0.15, -0.1) is 0 Å². The Balaban J connectivity index is 1.68. The number of amidine groups is 1. The summed E-state index contributed by atoms with van der Waals surface area (Å²) in [6.45, 7) is 4.54. The number of carbonyl (C=O) groups excluding carboxylic acids is 2. The van der Waals surface area contributed by atoms with Gasteiger partial charge in [-0.1, -0.05) is 26.0 Å². The Hall–Kier alpha value is -3.35. The maximum Gasteiger partial charge on any atom is 0.265 e. The Kier molecular flexibility index (Phi) is 6.72. The van der Waals surface area contributed by atoms with Crippen molar-refractivity contribution in [2.24, 2.45) is 11.7 Å². The number of nitrogens with zero attached hydrogens (tertiary/aromatic N) is 1. The average Bonchev–Trinajstić information content (AvgIpc) is 2.73. The number of nitrogens with one attached hydrogen (secondary N) is 2. The summed E-state index contributed by atoms with van der Waals surface area (Å²) in [5, 5.41) is 10.4. The number of benzene rings is 2. The molecule has 4 N–H and O–H groups in total. The summed E-state index contributed by atoms with van der Waals surface area (Å²) in [5.74, 6) is 0.226. The molecule has 0 aromatic heterocycles. The van der Waals surface area contributed by atoms with Crippen LogP contribution in [0.5, 0.6) is 5.75 Å².